The van der Waals surface area contributed by atoms with Crippen molar-refractivity contribution < 1.29 is 22.5 Å². The highest BCUT2D eigenvalue weighted by molar-refractivity contribution is 7.89. The van der Waals surface area contributed by atoms with Gasteiger partial charge in [0.15, 0.2) is 6.54 Å². The van der Waals surface area contributed by atoms with E-state index < -0.39 is 15.8 Å². The summed E-state index contributed by atoms with van der Waals surface area (Å²) in [5, 5.41) is 3.04. The van der Waals surface area contributed by atoms with E-state index in [1.165, 1.54) is 22.5 Å². The second-order valence-corrected chi connectivity index (χ2v) is 10.0. The smallest absolute Gasteiger partial charge is 0.275 e. The largest absolute Gasteiger partial charge is 0.349 e. The second kappa shape index (κ2) is 10.3. The molecular weight excluding hydrogens is 381 g/mol. The summed E-state index contributed by atoms with van der Waals surface area (Å²) in [6.07, 6.45) is 3.23. The zero-order chi connectivity index (χ0) is 20.7. The van der Waals surface area contributed by atoms with Crippen molar-refractivity contribution >= 4 is 15.9 Å². The first-order valence-corrected chi connectivity index (χ1v) is 11.5. The number of amides is 1. The number of nitrogens with one attached hydrogen (secondary N) is 2. The summed E-state index contributed by atoms with van der Waals surface area (Å²) in [6.45, 7) is 8.53. The zero-order valence-electron chi connectivity index (χ0n) is 17.1. The molecule has 8 heteroatoms. The van der Waals surface area contributed by atoms with Gasteiger partial charge in [0.05, 0.1) is 31.1 Å². The van der Waals surface area contributed by atoms with Gasteiger partial charge in [-0.05, 0) is 37.5 Å². The number of hydrogen-bond acceptors (Lipinski definition) is 3. The third-order valence-corrected chi connectivity index (χ3v) is 6.99. The predicted octanol–water partition coefficient (Wildman–Crippen LogP) is 1.05. The third kappa shape index (κ3) is 6.83. The highest BCUT2D eigenvalue weighted by Gasteiger charge is 2.31. The molecule has 1 amide bonds. The molecule has 0 aromatic heterocycles. The summed E-state index contributed by atoms with van der Waals surface area (Å²) in [5.74, 6) is 0.116. The minimum Gasteiger partial charge on any atom is -0.349 e. The number of quaternary nitrogens is 1. The van der Waals surface area contributed by atoms with Crippen molar-refractivity contribution in [3.05, 3.63) is 30.1 Å². The number of carbonyl (C=O) groups excluding carboxylic acids is 1. The Hall–Kier alpha value is -1.51. The van der Waals surface area contributed by atoms with Gasteiger partial charge in [0.2, 0.25) is 10.0 Å². The summed E-state index contributed by atoms with van der Waals surface area (Å²) in [5.41, 5.74) is 0. The van der Waals surface area contributed by atoms with E-state index in [9.17, 15) is 17.6 Å². The minimum atomic E-state index is -3.69. The van der Waals surface area contributed by atoms with Gasteiger partial charge in [-0.1, -0.05) is 32.8 Å². The van der Waals surface area contributed by atoms with Crippen molar-refractivity contribution in [2.45, 2.75) is 51.0 Å². The Morgan fingerprint density at radius 2 is 1.89 bits per heavy atom. The first kappa shape index (κ1) is 22.8. The summed E-state index contributed by atoms with van der Waals surface area (Å²) in [4.78, 5) is 13.3. The summed E-state index contributed by atoms with van der Waals surface area (Å²) in [6, 6.07) is 5.23. The van der Waals surface area contributed by atoms with E-state index in [1.807, 2.05) is 6.92 Å². The van der Waals surface area contributed by atoms with Gasteiger partial charge >= 0.3 is 0 Å². The molecule has 6 nitrogen and oxygen atoms in total. The van der Waals surface area contributed by atoms with Crippen LogP contribution in [0, 0.1) is 11.7 Å². The maximum Gasteiger partial charge on any atom is 0.275 e. The Bertz CT molecular complexity index is 747. The number of sulfonamides is 1. The SMILES string of the molecule is CC(C)CCC[C@@H](C)NC(=O)C[NH+]1CCN(S(=O)(=O)c2cccc(F)c2)CC1. The molecule has 0 aliphatic carbocycles. The lowest BCUT2D eigenvalue weighted by molar-refractivity contribution is -0.895. The number of nitrogens with zero attached hydrogens (tertiary/aromatic N) is 1. The van der Waals surface area contributed by atoms with Crippen LogP contribution in [-0.4, -0.2) is 57.4 Å². The summed E-state index contributed by atoms with van der Waals surface area (Å²) >= 11 is 0. The maximum atomic E-state index is 13.4. The normalized spacial score (nSPS) is 17.6. The molecule has 2 rings (SSSR count). The highest BCUT2D eigenvalue weighted by Crippen LogP contribution is 2.16. The molecule has 0 bridgehead atoms. The molecule has 0 saturated carbocycles. The van der Waals surface area contributed by atoms with Crippen molar-refractivity contribution in [3.8, 4) is 0 Å². The van der Waals surface area contributed by atoms with Crippen LogP contribution in [0.4, 0.5) is 4.39 Å². The average Bonchev–Trinajstić information content (AvgIpc) is 2.61. The predicted molar refractivity (Wildman–Crippen MR) is 107 cm³/mol. The molecule has 1 aliphatic heterocycles. The third-order valence-electron chi connectivity index (χ3n) is 5.10. The molecule has 1 saturated heterocycles. The van der Waals surface area contributed by atoms with Crippen LogP contribution < -0.4 is 10.2 Å². The minimum absolute atomic E-state index is 0.00786. The fourth-order valence-corrected chi connectivity index (χ4v) is 4.93. The van der Waals surface area contributed by atoms with Crippen molar-refractivity contribution in [2.75, 3.05) is 32.7 Å². The van der Waals surface area contributed by atoms with Crippen LogP contribution in [0.15, 0.2) is 29.2 Å². The second-order valence-electron chi connectivity index (χ2n) is 8.08. The van der Waals surface area contributed by atoms with Crippen LogP contribution in [-0.2, 0) is 14.8 Å². The molecule has 28 heavy (non-hydrogen) atoms. The zero-order valence-corrected chi connectivity index (χ0v) is 17.9. The molecule has 0 spiro atoms. The fourth-order valence-electron chi connectivity index (χ4n) is 3.45. The first-order chi connectivity index (χ1) is 13.2. The van der Waals surface area contributed by atoms with Crippen molar-refractivity contribution in [2.24, 2.45) is 5.92 Å². The van der Waals surface area contributed by atoms with E-state index >= 15 is 0 Å². The van der Waals surface area contributed by atoms with Crippen molar-refractivity contribution in [1.82, 2.24) is 9.62 Å². The Kier molecular flexibility index (Phi) is 8.39. The molecule has 1 fully saturated rings. The Morgan fingerprint density at radius 1 is 1.21 bits per heavy atom. The monoisotopic (exact) mass is 414 g/mol. The van der Waals surface area contributed by atoms with E-state index in [0.29, 0.717) is 38.6 Å². The lowest BCUT2D eigenvalue weighted by atomic mass is 10.0. The van der Waals surface area contributed by atoms with E-state index in [4.69, 9.17) is 0 Å². The Labute approximate surface area is 168 Å². The van der Waals surface area contributed by atoms with E-state index in [1.54, 1.807) is 0 Å². The van der Waals surface area contributed by atoms with E-state index in [0.717, 1.165) is 30.2 Å². The number of halogens is 1. The van der Waals surface area contributed by atoms with Crippen LogP contribution in [0.5, 0.6) is 0 Å². The van der Waals surface area contributed by atoms with E-state index in [-0.39, 0.29) is 16.8 Å². The Balaban J connectivity index is 1.78. The number of benzene rings is 1. The molecular formula is C20H33FN3O3S+. The van der Waals surface area contributed by atoms with Gasteiger partial charge in [0.1, 0.15) is 5.82 Å². The van der Waals surface area contributed by atoms with Gasteiger partial charge in [-0.25, -0.2) is 12.8 Å². The molecule has 1 aromatic carbocycles. The molecule has 0 unspecified atom stereocenters. The van der Waals surface area contributed by atoms with Crippen molar-refractivity contribution in [3.63, 3.8) is 0 Å². The number of hydrogen-bond donors (Lipinski definition) is 2. The fraction of sp³-hybridized carbons (Fsp3) is 0.650. The van der Waals surface area contributed by atoms with Crippen LogP contribution in [0.2, 0.25) is 0 Å². The van der Waals surface area contributed by atoms with Crippen LogP contribution in [0.1, 0.15) is 40.0 Å². The maximum absolute atomic E-state index is 13.4. The average molecular weight is 415 g/mol. The molecule has 1 atom stereocenters. The molecule has 1 aliphatic rings. The molecule has 1 heterocycles. The van der Waals surface area contributed by atoms with Crippen LogP contribution >= 0.6 is 0 Å². The number of carbonyl (C=O) groups is 1. The van der Waals surface area contributed by atoms with E-state index in [2.05, 4.69) is 19.2 Å². The molecule has 158 valence electrons. The summed E-state index contributed by atoms with van der Waals surface area (Å²) < 4.78 is 40.0. The topological polar surface area (TPSA) is 70.9 Å². The van der Waals surface area contributed by atoms with Gasteiger partial charge in [-0.15, -0.1) is 0 Å². The van der Waals surface area contributed by atoms with Crippen molar-refractivity contribution in [1.29, 1.82) is 0 Å². The molecule has 1 aromatic rings. The highest BCUT2D eigenvalue weighted by atomic mass is 32.2. The number of piperazine rings is 1. The van der Waals surface area contributed by atoms with Gasteiger partial charge in [-0.3, -0.25) is 4.79 Å². The molecule has 0 radical (unpaired) electrons. The molecule has 2 N–H and O–H groups in total. The van der Waals surface area contributed by atoms with Gasteiger partial charge < -0.3 is 10.2 Å². The summed E-state index contributed by atoms with van der Waals surface area (Å²) in [7, 11) is -3.69. The lowest BCUT2D eigenvalue weighted by Crippen LogP contribution is -3.15. The van der Waals surface area contributed by atoms with Gasteiger partial charge in [-0.2, -0.15) is 4.31 Å². The van der Waals surface area contributed by atoms with Crippen LogP contribution in [0.25, 0.3) is 0 Å². The first-order valence-electron chi connectivity index (χ1n) is 10.1. The van der Waals surface area contributed by atoms with Crippen LogP contribution in [0.3, 0.4) is 0 Å². The standard InChI is InChI=1S/C20H32FN3O3S/c1-16(2)6-4-7-17(3)22-20(25)15-23-10-12-24(13-11-23)28(26,27)19-9-5-8-18(21)14-19/h5,8-9,14,16-17H,4,6-7,10-13,15H2,1-3H3,(H,22,25)/p+1/t17-/m1/s1. The lowest BCUT2D eigenvalue weighted by Gasteiger charge is -2.31. The quantitative estimate of drug-likeness (QED) is 0.635. The van der Waals surface area contributed by atoms with Gasteiger partial charge in [0, 0.05) is 6.04 Å². The van der Waals surface area contributed by atoms with Gasteiger partial charge in [0.25, 0.3) is 5.91 Å². The Morgan fingerprint density at radius 3 is 2.50 bits per heavy atom. The number of rotatable bonds is 9.